The van der Waals surface area contributed by atoms with E-state index in [4.69, 9.17) is 9.47 Å². The SMILES string of the molecule is COC1=CC=C(CNC(=O)OC(C)(C)C)CN1c1ccc(C(O)c2c[nH]c3nccnc23)cn1. The lowest BCUT2D eigenvalue weighted by molar-refractivity contribution is 0.0532. The van der Waals surface area contributed by atoms with E-state index in [1.54, 1.807) is 31.9 Å². The molecule has 0 bridgehead atoms. The molecule has 1 atom stereocenters. The van der Waals surface area contributed by atoms with Gasteiger partial charge in [0.1, 0.15) is 23.0 Å². The zero-order chi connectivity index (χ0) is 24.3. The van der Waals surface area contributed by atoms with Gasteiger partial charge in [0.25, 0.3) is 0 Å². The number of aromatic nitrogens is 4. The summed E-state index contributed by atoms with van der Waals surface area (Å²) in [6, 6.07) is 3.63. The summed E-state index contributed by atoms with van der Waals surface area (Å²) in [5, 5.41) is 13.7. The molecule has 10 nitrogen and oxygen atoms in total. The van der Waals surface area contributed by atoms with Gasteiger partial charge in [-0.3, -0.25) is 9.88 Å². The normalized spacial score (nSPS) is 14.9. The van der Waals surface area contributed by atoms with E-state index in [0.29, 0.717) is 47.1 Å². The van der Waals surface area contributed by atoms with E-state index >= 15 is 0 Å². The number of aliphatic hydroxyl groups excluding tert-OH is 1. The number of nitrogens with zero attached hydrogens (tertiary/aromatic N) is 4. The lowest BCUT2D eigenvalue weighted by atomic mass is 10.1. The lowest BCUT2D eigenvalue weighted by Gasteiger charge is -2.29. The molecule has 178 valence electrons. The molecule has 0 spiro atoms. The van der Waals surface area contributed by atoms with Crippen molar-refractivity contribution >= 4 is 23.1 Å². The van der Waals surface area contributed by atoms with Gasteiger partial charge < -0.3 is 24.9 Å². The van der Waals surface area contributed by atoms with E-state index in [1.165, 1.54) is 0 Å². The number of aliphatic hydroxyl groups is 1. The molecule has 34 heavy (non-hydrogen) atoms. The molecule has 0 saturated carbocycles. The molecule has 4 rings (SSSR count). The van der Waals surface area contributed by atoms with Gasteiger partial charge in [-0.1, -0.05) is 12.1 Å². The molecular formula is C24H28N6O4. The summed E-state index contributed by atoms with van der Waals surface area (Å²) in [4.78, 5) is 30.0. The van der Waals surface area contributed by atoms with Crippen molar-refractivity contribution in [3.05, 3.63) is 71.7 Å². The number of H-pyrrole nitrogens is 1. The molecule has 1 unspecified atom stereocenters. The minimum absolute atomic E-state index is 0.331. The first-order valence-corrected chi connectivity index (χ1v) is 10.9. The number of amides is 1. The average Bonchev–Trinajstić information content (AvgIpc) is 3.25. The van der Waals surface area contributed by atoms with E-state index in [2.05, 4.69) is 25.3 Å². The monoisotopic (exact) mass is 464 g/mol. The fraction of sp³-hybridized carbons (Fsp3) is 0.333. The van der Waals surface area contributed by atoms with Gasteiger partial charge in [-0.05, 0) is 38.5 Å². The minimum Gasteiger partial charge on any atom is -0.482 e. The van der Waals surface area contributed by atoms with Crippen LogP contribution in [0.1, 0.15) is 38.0 Å². The number of hydrogen-bond donors (Lipinski definition) is 3. The Bertz CT molecular complexity index is 1230. The molecule has 0 aromatic carbocycles. The number of carbonyl (C=O) groups is 1. The zero-order valence-electron chi connectivity index (χ0n) is 19.6. The highest BCUT2D eigenvalue weighted by atomic mass is 16.6. The number of rotatable bonds is 6. The summed E-state index contributed by atoms with van der Waals surface area (Å²) < 4.78 is 10.8. The first-order chi connectivity index (χ1) is 16.2. The van der Waals surface area contributed by atoms with E-state index in [-0.39, 0.29) is 0 Å². The van der Waals surface area contributed by atoms with Crippen LogP contribution in [0.5, 0.6) is 0 Å². The van der Waals surface area contributed by atoms with Crippen molar-refractivity contribution in [1.82, 2.24) is 25.3 Å². The third-order valence-corrected chi connectivity index (χ3v) is 5.15. The molecule has 0 saturated heterocycles. The number of allylic oxidation sites excluding steroid dienone is 2. The van der Waals surface area contributed by atoms with Crippen molar-refractivity contribution in [2.75, 3.05) is 25.1 Å². The smallest absolute Gasteiger partial charge is 0.407 e. The van der Waals surface area contributed by atoms with Gasteiger partial charge in [0.2, 0.25) is 0 Å². The van der Waals surface area contributed by atoms with E-state index in [1.807, 2.05) is 50.0 Å². The van der Waals surface area contributed by atoms with Crippen LogP contribution < -0.4 is 10.2 Å². The summed E-state index contributed by atoms with van der Waals surface area (Å²) in [5.41, 5.74) is 2.88. The Hall–Kier alpha value is -3.92. The quantitative estimate of drug-likeness (QED) is 0.508. The lowest BCUT2D eigenvalue weighted by Crippen LogP contribution is -2.36. The molecule has 4 heterocycles. The summed E-state index contributed by atoms with van der Waals surface area (Å²) >= 11 is 0. The topological polar surface area (TPSA) is 125 Å². The molecule has 1 aliphatic heterocycles. The van der Waals surface area contributed by atoms with Gasteiger partial charge in [0.05, 0.1) is 13.7 Å². The van der Waals surface area contributed by atoms with Crippen molar-refractivity contribution in [2.24, 2.45) is 0 Å². The first-order valence-electron chi connectivity index (χ1n) is 10.9. The average molecular weight is 465 g/mol. The Morgan fingerprint density at radius 3 is 2.74 bits per heavy atom. The molecule has 3 aromatic heterocycles. The van der Waals surface area contributed by atoms with Crippen LogP contribution in [0, 0.1) is 0 Å². The second-order valence-corrected chi connectivity index (χ2v) is 8.83. The van der Waals surface area contributed by atoms with E-state index in [9.17, 15) is 9.90 Å². The van der Waals surface area contributed by atoms with Gasteiger partial charge >= 0.3 is 6.09 Å². The van der Waals surface area contributed by atoms with Crippen molar-refractivity contribution < 1.29 is 19.4 Å². The maximum absolute atomic E-state index is 12.0. The standard InChI is InChI=1S/C24H28N6O4/c1-24(2,3)34-23(32)29-11-15-5-8-19(33-4)30(14-15)18-7-6-16(12-27-18)21(31)17-13-28-22-20(17)25-9-10-26-22/h5-10,12-13,21,31H,11,14H2,1-4H3,(H,26,28)(H,29,32). The molecule has 0 aliphatic carbocycles. The molecule has 1 amide bonds. The van der Waals surface area contributed by atoms with Crippen LogP contribution in [0.25, 0.3) is 11.2 Å². The fourth-order valence-corrected chi connectivity index (χ4v) is 3.58. The summed E-state index contributed by atoms with van der Waals surface area (Å²) in [5.74, 6) is 1.26. The van der Waals surface area contributed by atoms with Gasteiger partial charge in [-0.15, -0.1) is 0 Å². The highest BCUT2D eigenvalue weighted by molar-refractivity contribution is 5.75. The Kier molecular flexibility index (Phi) is 6.51. The number of nitrogens with one attached hydrogen (secondary N) is 2. The number of anilines is 1. The summed E-state index contributed by atoms with van der Waals surface area (Å²) in [7, 11) is 1.59. The predicted molar refractivity (Wildman–Crippen MR) is 127 cm³/mol. The first kappa shape index (κ1) is 23.2. The van der Waals surface area contributed by atoms with E-state index in [0.717, 1.165) is 5.57 Å². The minimum atomic E-state index is -0.903. The second kappa shape index (κ2) is 9.52. The van der Waals surface area contributed by atoms with E-state index < -0.39 is 17.8 Å². The van der Waals surface area contributed by atoms with Crippen LogP contribution >= 0.6 is 0 Å². The molecule has 3 N–H and O–H groups in total. The van der Waals surface area contributed by atoms with Gasteiger partial charge in [0.15, 0.2) is 11.5 Å². The third kappa shape index (κ3) is 5.18. The largest absolute Gasteiger partial charge is 0.482 e. The second-order valence-electron chi connectivity index (χ2n) is 8.83. The zero-order valence-corrected chi connectivity index (χ0v) is 19.6. The van der Waals surface area contributed by atoms with Crippen LogP contribution in [-0.2, 0) is 9.47 Å². The molecule has 3 aromatic rings. The summed E-state index contributed by atoms with van der Waals surface area (Å²) in [6.45, 7) is 6.26. The fourth-order valence-electron chi connectivity index (χ4n) is 3.58. The number of methoxy groups -OCH3 is 1. The molecule has 1 aliphatic rings. The van der Waals surface area contributed by atoms with Gasteiger partial charge in [-0.25, -0.2) is 14.8 Å². The number of ether oxygens (including phenoxy) is 2. The molecule has 0 fully saturated rings. The van der Waals surface area contributed by atoms with Crippen LogP contribution in [-0.4, -0.2) is 56.9 Å². The van der Waals surface area contributed by atoms with Crippen LogP contribution in [0.15, 0.2) is 60.5 Å². The molecular weight excluding hydrogens is 436 g/mol. The van der Waals surface area contributed by atoms with Gasteiger partial charge in [0, 0.05) is 42.5 Å². The van der Waals surface area contributed by atoms with Crippen LogP contribution in [0.2, 0.25) is 0 Å². The molecule has 0 radical (unpaired) electrons. The van der Waals surface area contributed by atoms with Crippen molar-refractivity contribution in [2.45, 2.75) is 32.5 Å². The Morgan fingerprint density at radius 2 is 2.03 bits per heavy atom. The highest BCUT2D eigenvalue weighted by Gasteiger charge is 2.22. The highest BCUT2D eigenvalue weighted by Crippen LogP contribution is 2.28. The number of alkyl carbamates (subject to hydrolysis) is 1. The predicted octanol–water partition coefficient (Wildman–Crippen LogP) is 3.19. The Labute approximate surface area is 197 Å². The molecule has 10 heteroatoms. The number of hydrogen-bond acceptors (Lipinski definition) is 8. The van der Waals surface area contributed by atoms with Gasteiger partial charge in [-0.2, -0.15) is 0 Å². The van der Waals surface area contributed by atoms with Crippen LogP contribution in [0.4, 0.5) is 10.6 Å². The number of fused-ring (bicyclic) bond motifs is 1. The van der Waals surface area contributed by atoms with Crippen molar-refractivity contribution in [1.29, 1.82) is 0 Å². The Balaban J connectivity index is 1.46. The number of carbonyl (C=O) groups excluding carboxylic acids is 1. The Morgan fingerprint density at radius 1 is 1.24 bits per heavy atom. The number of aromatic amines is 1. The van der Waals surface area contributed by atoms with Crippen LogP contribution in [0.3, 0.4) is 0 Å². The summed E-state index contributed by atoms with van der Waals surface area (Å²) in [6.07, 6.45) is 8.86. The maximum atomic E-state index is 12.0. The maximum Gasteiger partial charge on any atom is 0.407 e. The van der Waals surface area contributed by atoms with Crippen molar-refractivity contribution in [3.63, 3.8) is 0 Å². The van der Waals surface area contributed by atoms with Crippen molar-refractivity contribution in [3.8, 4) is 0 Å². The number of pyridine rings is 1. The third-order valence-electron chi connectivity index (χ3n) is 5.15.